The summed E-state index contributed by atoms with van der Waals surface area (Å²) in [5, 5.41) is 14.5. The summed E-state index contributed by atoms with van der Waals surface area (Å²) in [6, 6.07) is 20.8. The first-order valence-electron chi connectivity index (χ1n) is 11.2. The molecule has 3 heterocycles. The van der Waals surface area contributed by atoms with E-state index in [1.54, 1.807) is 6.20 Å². The van der Waals surface area contributed by atoms with Gasteiger partial charge in [-0.25, -0.2) is 4.98 Å². The third-order valence-corrected chi connectivity index (χ3v) is 5.70. The van der Waals surface area contributed by atoms with Gasteiger partial charge in [-0.3, -0.25) is 4.98 Å². The van der Waals surface area contributed by atoms with Crippen molar-refractivity contribution in [2.75, 3.05) is 0 Å². The number of hydrogen-bond donors (Lipinski definition) is 1. The number of aryl methyl sites for hydroxylation is 1. The Bertz CT molecular complexity index is 1310. The summed E-state index contributed by atoms with van der Waals surface area (Å²) >= 11 is 0. The Kier molecular flexibility index (Phi) is 6.01. The molecule has 33 heavy (non-hydrogen) atoms. The Labute approximate surface area is 192 Å². The van der Waals surface area contributed by atoms with E-state index in [9.17, 15) is 0 Å². The van der Waals surface area contributed by atoms with Gasteiger partial charge in [0.1, 0.15) is 5.82 Å². The van der Waals surface area contributed by atoms with E-state index < -0.39 is 0 Å². The zero-order chi connectivity index (χ0) is 22.5. The van der Waals surface area contributed by atoms with Crippen LogP contribution in [-0.2, 0) is 13.0 Å². The summed E-state index contributed by atoms with van der Waals surface area (Å²) in [7, 11) is 0. The van der Waals surface area contributed by atoms with E-state index in [2.05, 4.69) is 79.7 Å². The summed E-state index contributed by atoms with van der Waals surface area (Å²) in [4.78, 5) is 9.17. The number of aromatic amines is 1. The number of unbranched alkanes of at least 4 members (excludes halogenated alkanes) is 1. The molecule has 0 aliphatic heterocycles. The van der Waals surface area contributed by atoms with Crippen LogP contribution in [0.25, 0.3) is 33.8 Å². The van der Waals surface area contributed by atoms with Crippen molar-refractivity contribution >= 4 is 0 Å². The summed E-state index contributed by atoms with van der Waals surface area (Å²) in [6.07, 6.45) is 9.02. The number of benzene rings is 2. The SMILES string of the molecule is CCCCc1nc(-c2cccnc2)cn1Cc1ccc(-c2ccccc2-c2nn[nH]n2)cc1. The molecule has 3 aromatic heterocycles. The highest BCUT2D eigenvalue weighted by molar-refractivity contribution is 5.80. The van der Waals surface area contributed by atoms with Crippen LogP contribution >= 0.6 is 0 Å². The Hall–Kier alpha value is -4.13. The van der Waals surface area contributed by atoms with Crippen molar-refractivity contribution in [1.29, 1.82) is 0 Å². The molecular formula is C26H25N7. The van der Waals surface area contributed by atoms with Crippen molar-refractivity contribution in [3.05, 3.63) is 90.6 Å². The molecule has 0 spiro atoms. The number of nitrogens with zero attached hydrogens (tertiary/aromatic N) is 6. The van der Waals surface area contributed by atoms with Crippen LogP contribution in [0.2, 0.25) is 0 Å². The van der Waals surface area contributed by atoms with Crippen molar-refractivity contribution in [2.24, 2.45) is 0 Å². The molecule has 0 fully saturated rings. The van der Waals surface area contributed by atoms with Crippen molar-refractivity contribution in [1.82, 2.24) is 35.2 Å². The quantitative estimate of drug-likeness (QED) is 0.363. The van der Waals surface area contributed by atoms with Crippen molar-refractivity contribution < 1.29 is 0 Å². The van der Waals surface area contributed by atoms with Crippen LogP contribution in [0, 0.1) is 0 Å². The molecule has 0 bridgehead atoms. The third-order valence-electron chi connectivity index (χ3n) is 5.70. The van der Waals surface area contributed by atoms with E-state index in [1.165, 1.54) is 5.56 Å². The average molecular weight is 436 g/mol. The molecule has 5 rings (SSSR count). The smallest absolute Gasteiger partial charge is 0.205 e. The second-order valence-electron chi connectivity index (χ2n) is 7.99. The van der Waals surface area contributed by atoms with Gasteiger partial charge < -0.3 is 4.57 Å². The second-order valence-corrected chi connectivity index (χ2v) is 7.99. The molecule has 0 saturated heterocycles. The van der Waals surface area contributed by atoms with Gasteiger partial charge in [0.15, 0.2) is 0 Å². The highest BCUT2D eigenvalue weighted by Crippen LogP contribution is 2.30. The van der Waals surface area contributed by atoms with Crippen LogP contribution in [0.15, 0.2) is 79.3 Å². The van der Waals surface area contributed by atoms with Gasteiger partial charge in [-0.05, 0) is 40.5 Å². The van der Waals surface area contributed by atoms with E-state index in [-0.39, 0.29) is 0 Å². The maximum atomic E-state index is 4.92. The van der Waals surface area contributed by atoms with Crippen molar-refractivity contribution in [3.8, 4) is 33.8 Å². The Morgan fingerprint density at radius 2 is 1.76 bits per heavy atom. The molecule has 0 aliphatic carbocycles. The van der Waals surface area contributed by atoms with Gasteiger partial charge in [-0.15, -0.1) is 10.2 Å². The first kappa shape index (κ1) is 20.8. The fourth-order valence-electron chi connectivity index (χ4n) is 3.97. The van der Waals surface area contributed by atoms with Gasteiger partial charge in [0.25, 0.3) is 0 Å². The molecule has 0 aliphatic rings. The van der Waals surface area contributed by atoms with E-state index in [4.69, 9.17) is 4.98 Å². The largest absolute Gasteiger partial charge is 0.330 e. The van der Waals surface area contributed by atoms with Gasteiger partial charge in [0.2, 0.25) is 5.82 Å². The number of aromatic nitrogens is 7. The van der Waals surface area contributed by atoms with E-state index >= 15 is 0 Å². The molecule has 0 saturated carbocycles. The van der Waals surface area contributed by atoms with Crippen LogP contribution < -0.4 is 0 Å². The van der Waals surface area contributed by atoms with Gasteiger partial charge >= 0.3 is 0 Å². The maximum absolute atomic E-state index is 4.92. The summed E-state index contributed by atoms with van der Waals surface area (Å²) in [5.41, 5.74) is 6.39. The van der Waals surface area contributed by atoms with Crippen molar-refractivity contribution in [2.45, 2.75) is 32.7 Å². The Morgan fingerprint density at radius 1 is 0.909 bits per heavy atom. The van der Waals surface area contributed by atoms with Gasteiger partial charge in [-0.1, -0.05) is 61.9 Å². The van der Waals surface area contributed by atoms with Crippen LogP contribution in [0.4, 0.5) is 0 Å². The monoisotopic (exact) mass is 435 g/mol. The molecule has 0 radical (unpaired) electrons. The van der Waals surface area contributed by atoms with E-state index in [0.29, 0.717) is 5.82 Å². The van der Waals surface area contributed by atoms with Gasteiger partial charge in [0.05, 0.1) is 5.69 Å². The van der Waals surface area contributed by atoms with Crippen LogP contribution in [0.1, 0.15) is 31.2 Å². The zero-order valence-corrected chi connectivity index (χ0v) is 18.5. The lowest BCUT2D eigenvalue weighted by Gasteiger charge is -2.10. The van der Waals surface area contributed by atoms with Gasteiger partial charge in [-0.2, -0.15) is 5.21 Å². The van der Waals surface area contributed by atoms with E-state index in [0.717, 1.165) is 59.6 Å². The molecule has 0 atom stereocenters. The fraction of sp³-hybridized carbons (Fsp3) is 0.192. The van der Waals surface area contributed by atoms with Crippen LogP contribution in [0.5, 0.6) is 0 Å². The first-order valence-corrected chi connectivity index (χ1v) is 11.2. The molecule has 5 aromatic rings. The lowest BCUT2D eigenvalue weighted by Crippen LogP contribution is -2.04. The molecule has 0 amide bonds. The average Bonchev–Trinajstić information content (AvgIpc) is 3.54. The first-order chi connectivity index (χ1) is 16.3. The minimum Gasteiger partial charge on any atom is -0.330 e. The molecule has 0 unspecified atom stereocenters. The number of pyridine rings is 1. The number of nitrogens with one attached hydrogen (secondary N) is 1. The predicted molar refractivity (Wildman–Crippen MR) is 128 cm³/mol. The summed E-state index contributed by atoms with van der Waals surface area (Å²) in [6.45, 7) is 2.99. The third kappa shape index (κ3) is 4.57. The summed E-state index contributed by atoms with van der Waals surface area (Å²) < 4.78 is 2.26. The van der Waals surface area contributed by atoms with Gasteiger partial charge in [0, 0.05) is 42.7 Å². The molecule has 1 N–H and O–H groups in total. The number of imidazole rings is 1. The molecule has 7 nitrogen and oxygen atoms in total. The molecule has 2 aromatic carbocycles. The highest BCUT2D eigenvalue weighted by atomic mass is 15.5. The second kappa shape index (κ2) is 9.56. The van der Waals surface area contributed by atoms with Crippen LogP contribution in [0.3, 0.4) is 0 Å². The zero-order valence-electron chi connectivity index (χ0n) is 18.5. The van der Waals surface area contributed by atoms with Crippen LogP contribution in [-0.4, -0.2) is 35.2 Å². The minimum atomic E-state index is 0.594. The lowest BCUT2D eigenvalue weighted by atomic mass is 9.98. The summed E-state index contributed by atoms with van der Waals surface area (Å²) in [5.74, 6) is 1.71. The molecular weight excluding hydrogens is 410 g/mol. The Balaban J connectivity index is 1.42. The number of hydrogen-bond acceptors (Lipinski definition) is 5. The standard InChI is InChI=1S/C26H25N7/c1-2-3-10-25-28-24(21-7-6-15-27-16-21)18-33(25)17-19-11-13-20(14-12-19)22-8-4-5-9-23(22)26-29-31-32-30-26/h4-9,11-16,18H,2-3,10,17H2,1H3,(H,29,30,31,32). The number of rotatable bonds is 8. The molecule has 164 valence electrons. The number of H-pyrrole nitrogens is 1. The Morgan fingerprint density at radius 3 is 2.48 bits per heavy atom. The highest BCUT2D eigenvalue weighted by Gasteiger charge is 2.12. The fourth-order valence-corrected chi connectivity index (χ4v) is 3.97. The normalized spacial score (nSPS) is 11.1. The molecule has 7 heteroatoms. The lowest BCUT2D eigenvalue weighted by molar-refractivity contribution is 0.678. The topological polar surface area (TPSA) is 85.2 Å². The maximum Gasteiger partial charge on any atom is 0.205 e. The minimum absolute atomic E-state index is 0.594. The predicted octanol–water partition coefficient (Wildman–Crippen LogP) is 5.18. The number of tetrazole rings is 1. The van der Waals surface area contributed by atoms with E-state index in [1.807, 2.05) is 30.5 Å². The van der Waals surface area contributed by atoms with Crippen molar-refractivity contribution in [3.63, 3.8) is 0 Å².